The SMILES string of the molecule is Cc1cc(C)c(CNc2cc(C)c(O)cc2C)c(C)c1. The number of phenols is 1. The van der Waals surface area contributed by atoms with Crippen molar-refractivity contribution < 1.29 is 5.11 Å². The topological polar surface area (TPSA) is 32.3 Å². The van der Waals surface area contributed by atoms with Gasteiger partial charge in [0.05, 0.1) is 0 Å². The molecule has 0 aliphatic rings. The first-order valence-corrected chi connectivity index (χ1v) is 6.99. The molecule has 0 aliphatic heterocycles. The quantitative estimate of drug-likeness (QED) is 0.801. The molecule has 0 unspecified atom stereocenters. The summed E-state index contributed by atoms with van der Waals surface area (Å²) in [6, 6.07) is 8.26. The first kappa shape index (κ1) is 14.4. The molecule has 0 bridgehead atoms. The van der Waals surface area contributed by atoms with Crippen LogP contribution < -0.4 is 5.32 Å². The van der Waals surface area contributed by atoms with Crippen molar-refractivity contribution in [1.29, 1.82) is 0 Å². The average molecular weight is 269 g/mol. The zero-order valence-electron chi connectivity index (χ0n) is 13.0. The van der Waals surface area contributed by atoms with Crippen molar-refractivity contribution >= 4 is 5.69 Å². The Labute approximate surface area is 121 Å². The standard InChI is InChI=1S/C18H23NO/c1-11-6-12(2)16(13(3)7-11)10-19-17-8-15(5)18(20)9-14(17)4/h6-9,19-20H,10H2,1-5H3. The normalized spacial score (nSPS) is 10.7. The van der Waals surface area contributed by atoms with E-state index in [1.54, 1.807) is 0 Å². The minimum absolute atomic E-state index is 0.357. The molecule has 2 nitrogen and oxygen atoms in total. The van der Waals surface area contributed by atoms with Gasteiger partial charge in [0.15, 0.2) is 0 Å². The molecule has 0 atom stereocenters. The molecule has 2 rings (SSSR count). The number of anilines is 1. The maximum atomic E-state index is 9.70. The van der Waals surface area contributed by atoms with Crippen LogP contribution in [0.5, 0.6) is 5.75 Å². The highest BCUT2D eigenvalue weighted by Crippen LogP contribution is 2.26. The van der Waals surface area contributed by atoms with Gasteiger partial charge in [0.25, 0.3) is 0 Å². The molecule has 0 spiro atoms. The van der Waals surface area contributed by atoms with Crippen LogP contribution in [0.1, 0.15) is 33.4 Å². The van der Waals surface area contributed by atoms with Gasteiger partial charge in [-0.1, -0.05) is 17.7 Å². The molecule has 2 N–H and O–H groups in total. The summed E-state index contributed by atoms with van der Waals surface area (Å²) in [4.78, 5) is 0. The molecule has 2 aromatic carbocycles. The Morgan fingerprint density at radius 2 is 1.40 bits per heavy atom. The Morgan fingerprint density at radius 1 is 0.800 bits per heavy atom. The fraction of sp³-hybridized carbons (Fsp3) is 0.333. The molecule has 2 aromatic rings. The van der Waals surface area contributed by atoms with E-state index in [0.29, 0.717) is 5.75 Å². The summed E-state index contributed by atoms with van der Waals surface area (Å²) in [7, 11) is 0. The third-order valence-electron chi connectivity index (χ3n) is 3.84. The van der Waals surface area contributed by atoms with E-state index < -0.39 is 0 Å². The van der Waals surface area contributed by atoms with Gasteiger partial charge in [-0.25, -0.2) is 0 Å². The lowest BCUT2D eigenvalue weighted by atomic mass is 9.99. The van der Waals surface area contributed by atoms with Crippen LogP contribution in [-0.4, -0.2) is 5.11 Å². The van der Waals surface area contributed by atoms with Gasteiger partial charge >= 0.3 is 0 Å². The van der Waals surface area contributed by atoms with Gasteiger partial charge < -0.3 is 10.4 Å². The van der Waals surface area contributed by atoms with Gasteiger partial charge in [-0.3, -0.25) is 0 Å². The van der Waals surface area contributed by atoms with Crippen LogP contribution >= 0.6 is 0 Å². The largest absolute Gasteiger partial charge is 0.508 e. The molecular weight excluding hydrogens is 246 g/mol. The summed E-state index contributed by atoms with van der Waals surface area (Å²) in [5, 5.41) is 13.2. The zero-order chi connectivity index (χ0) is 14.9. The van der Waals surface area contributed by atoms with Gasteiger partial charge in [-0.2, -0.15) is 0 Å². The van der Waals surface area contributed by atoms with Crippen LogP contribution in [0, 0.1) is 34.6 Å². The number of benzene rings is 2. The highest BCUT2D eigenvalue weighted by Gasteiger charge is 2.06. The molecule has 106 valence electrons. The number of hydrogen-bond acceptors (Lipinski definition) is 2. The van der Waals surface area contributed by atoms with Crippen LogP contribution in [0.3, 0.4) is 0 Å². The van der Waals surface area contributed by atoms with E-state index in [1.165, 1.54) is 22.3 Å². The van der Waals surface area contributed by atoms with Gasteiger partial charge in [0, 0.05) is 12.2 Å². The average Bonchev–Trinajstić information content (AvgIpc) is 2.33. The lowest BCUT2D eigenvalue weighted by Crippen LogP contribution is -2.05. The summed E-state index contributed by atoms with van der Waals surface area (Å²) in [5.41, 5.74) is 8.35. The van der Waals surface area contributed by atoms with Crippen LogP contribution in [0.25, 0.3) is 0 Å². The molecule has 2 heteroatoms. The molecule has 0 aromatic heterocycles. The zero-order valence-corrected chi connectivity index (χ0v) is 13.0. The van der Waals surface area contributed by atoms with Crippen molar-refractivity contribution in [3.63, 3.8) is 0 Å². The first-order chi connectivity index (χ1) is 9.38. The van der Waals surface area contributed by atoms with E-state index in [0.717, 1.165) is 23.4 Å². The number of aryl methyl sites for hydroxylation is 5. The van der Waals surface area contributed by atoms with Gasteiger partial charge in [0.2, 0.25) is 0 Å². The van der Waals surface area contributed by atoms with Gasteiger partial charge in [0.1, 0.15) is 5.75 Å². The van der Waals surface area contributed by atoms with Crippen LogP contribution in [-0.2, 0) is 6.54 Å². The van der Waals surface area contributed by atoms with Gasteiger partial charge in [-0.15, -0.1) is 0 Å². The second-order valence-corrected chi connectivity index (χ2v) is 5.68. The Kier molecular flexibility index (Phi) is 4.03. The number of aromatic hydroxyl groups is 1. The van der Waals surface area contributed by atoms with Crippen molar-refractivity contribution in [3.05, 3.63) is 57.6 Å². The van der Waals surface area contributed by atoms with Crippen molar-refractivity contribution in [3.8, 4) is 5.75 Å². The first-order valence-electron chi connectivity index (χ1n) is 6.99. The predicted molar refractivity (Wildman–Crippen MR) is 85.6 cm³/mol. The molecule has 0 aliphatic carbocycles. The second-order valence-electron chi connectivity index (χ2n) is 5.68. The molecule has 0 amide bonds. The Morgan fingerprint density at radius 3 is 2.00 bits per heavy atom. The Balaban J connectivity index is 2.23. The minimum Gasteiger partial charge on any atom is -0.508 e. The Bertz CT molecular complexity index is 621. The molecule has 20 heavy (non-hydrogen) atoms. The highest BCUT2D eigenvalue weighted by atomic mass is 16.3. The van der Waals surface area contributed by atoms with Crippen molar-refractivity contribution in [2.24, 2.45) is 0 Å². The highest BCUT2D eigenvalue weighted by molar-refractivity contribution is 5.57. The van der Waals surface area contributed by atoms with Gasteiger partial charge in [-0.05, 0) is 74.6 Å². The van der Waals surface area contributed by atoms with E-state index in [4.69, 9.17) is 0 Å². The number of hydrogen-bond donors (Lipinski definition) is 2. The van der Waals surface area contributed by atoms with E-state index in [9.17, 15) is 5.11 Å². The van der Waals surface area contributed by atoms with E-state index in [1.807, 2.05) is 26.0 Å². The van der Waals surface area contributed by atoms with E-state index in [2.05, 4.69) is 38.2 Å². The van der Waals surface area contributed by atoms with Crippen LogP contribution in [0.15, 0.2) is 24.3 Å². The number of nitrogens with one attached hydrogen (secondary N) is 1. The van der Waals surface area contributed by atoms with Crippen molar-refractivity contribution in [2.75, 3.05) is 5.32 Å². The summed E-state index contributed by atoms with van der Waals surface area (Å²) in [5.74, 6) is 0.357. The lowest BCUT2D eigenvalue weighted by Gasteiger charge is -2.15. The summed E-state index contributed by atoms with van der Waals surface area (Å²) in [6.07, 6.45) is 0. The lowest BCUT2D eigenvalue weighted by molar-refractivity contribution is 0.471. The molecule has 0 saturated heterocycles. The molecule has 0 radical (unpaired) electrons. The maximum Gasteiger partial charge on any atom is 0.118 e. The smallest absolute Gasteiger partial charge is 0.118 e. The monoisotopic (exact) mass is 269 g/mol. The molecule has 0 fully saturated rings. The predicted octanol–water partition coefficient (Wildman–Crippen LogP) is 4.55. The van der Waals surface area contributed by atoms with Crippen molar-refractivity contribution in [1.82, 2.24) is 0 Å². The molecule has 0 heterocycles. The number of rotatable bonds is 3. The summed E-state index contributed by atoms with van der Waals surface area (Å²) < 4.78 is 0. The Hall–Kier alpha value is -1.96. The van der Waals surface area contributed by atoms with Crippen LogP contribution in [0.2, 0.25) is 0 Å². The third kappa shape index (κ3) is 2.96. The van der Waals surface area contributed by atoms with E-state index >= 15 is 0 Å². The third-order valence-corrected chi connectivity index (χ3v) is 3.84. The molecule has 0 saturated carbocycles. The fourth-order valence-electron chi connectivity index (χ4n) is 2.66. The maximum absolute atomic E-state index is 9.70. The van der Waals surface area contributed by atoms with Crippen molar-refractivity contribution in [2.45, 2.75) is 41.2 Å². The fourth-order valence-corrected chi connectivity index (χ4v) is 2.66. The summed E-state index contributed by atoms with van der Waals surface area (Å²) >= 11 is 0. The van der Waals surface area contributed by atoms with Crippen LogP contribution in [0.4, 0.5) is 5.69 Å². The number of phenolic OH excluding ortho intramolecular Hbond substituents is 1. The molecular formula is C18H23NO. The minimum atomic E-state index is 0.357. The van der Waals surface area contributed by atoms with E-state index in [-0.39, 0.29) is 0 Å². The second kappa shape index (κ2) is 5.58. The summed E-state index contributed by atoms with van der Waals surface area (Å²) in [6.45, 7) is 11.2.